The molecule has 0 saturated heterocycles. The molecule has 0 aromatic heterocycles. The molecule has 0 atom stereocenters. The standard InChI is InChI=1S/C8H20S/c1-3-5-7-9-8-6-4-2/h3-9H2,1-2H3. The third-order valence-corrected chi connectivity index (χ3v) is 2.83. The van der Waals surface area contributed by atoms with Gasteiger partial charge in [0.25, 0.3) is 0 Å². The molecule has 0 aliphatic heterocycles. The van der Waals surface area contributed by atoms with Gasteiger partial charge in [0, 0.05) is 0 Å². The van der Waals surface area contributed by atoms with Gasteiger partial charge in [-0.25, -0.2) is 0 Å². The van der Waals surface area contributed by atoms with Gasteiger partial charge in [0.1, 0.15) is 0 Å². The topological polar surface area (TPSA) is 0 Å². The van der Waals surface area contributed by atoms with E-state index in [0.29, 0.717) is 0 Å². The molecule has 0 heterocycles. The van der Waals surface area contributed by atoms with E-state index < -0.39 is 0 Å². The summed E-state index contributed by atoms with van der Waals surface area (Å²) < 4.78 is 0. The van der Waals surface area contributed by atoms with Gasteiger partial charge in [-0.15, -0.1) is 0 Å². The van der Waals surface area contributed by atoms with Gasteiger partial charge in [-0.1, -0.05) is 26.7 Å². The monoisotopic (exact) mass is 148 g/mol. The van der Waals surface area contributed by atoms with E-state index in [9.17, 15) is 0 Å². The van der Waals surface area contributed by atoms with Crippen molar-refractivity contribution < 1.29 is 0 Å². The predicted octanol–water partition coefficient (Wildman–Crippen LogP) is 2.78. The van der Waals surface area contributed by atoms with Crippen LogP contribution in [0.2, 0.25) is 0 Å². The zero-order chi connectivity index (χ0) is 6.95. The van der Waals surface area contributed by atoms with Crippen LogP contribution in [-0.2, 0) is 0 Å². The molecule has 0 bridgehead atoms. The highest BCUT2D eigenvalue weighted by atomic mass is 32.2. The Morgan fingerprint density at radius 3 is 1.67 bits per heavy atom. The summed E-state index contributed by atoms with van der Waals surface area (Å²) in [7, 11) is 0. The largest absolute Gasteiger partial charge is 0.266 e. The molecular formula is C8H20S. The van der Waals surface area contributed by atoms with Crippen LogP contribution in [0.4, 0.5) is 0 Å². The lowest BCUT2D eigenvalue weighted by Gasteiger charge is -1.99. The maximum absolute atomic E-state index is 2.27. The molecule has 0 saturated carbocycles. The van der Waals surface area contributed by atoms with E-state index in [2.05, 4.69) is 13.8 Å². The van der Waals surface area contributed by atoms with E-state index in [1.165, 1.54) is 49.0 Å². The van der Waals surface area contributed by atoms with Gasteiger partial charge in [-0.05, 0) is 24.3 Å². The molecule has 0 aliphatic rings. The van der Waals surface area contributed by atoms with Gasteiger partial charge in [-0.3, -0.25) is 11.8 Å². The Morgan fingerprint density at radius 1 is 0.889 bits per heavy atom. The second-order valence-corrected chi connectivity index (χ2v) is 3.96. The molecule has 58 valence electrons. The van der Waals surface area contributed by atoms with E-state index in [1.54, 1.807) is 0 Å². The fourth-order valence-corrected chi connectivity index (χ4v) is 2.19. The molecule has 0 spiro atoms. The van der Waals surface area contributed by atoms with Gasteiger partial charge in [0.15, 0.2) is 0 Å². The van der Waals surface area contributed by atoms with E-state index in [1.807, 2.05) is 0 Å². The van der Waals surface area contributed by atoms with Crippen molar-refractivity contribution in [1.82, 2.24) is 0 Å². The summed E-state index contributed by atoms with van der Waals surface area (Å²) in [5, 5.41) is 0. The third kappa shape index (κ3) is 8.35. The van der Waals surface area contributed by atoms with Crippen molar-refractivity contribution in [3.8, 4) is 0 Å². The first kappa shape index (κ1) is 9.35. The van der Waals surface area contributed by atoms with Crippen molar-refractivity contribution in [1.29, 1.82) is 0 Å². The zero-order valence-electron chi connectivity index (χ0n) is 6.74. The van der Waals surface area contributed by atoms with Crippen LogP contribution in [0.25, 0.3) is 0 Å². The third-order valence-electron chi connectivity index (χ3n) is 1.41. The van der Waals surface area contributed by atoms with Crippen molar-refractivity contribution in [2.75, 3.05) is 11.5 Å². The molecule has 0 unspecified atom stereocenters. The quantitative estimate of drug-likeness (QED) is 0.508. The van der Waals surface area contributed by atoms with Gasteiger partial charge in [0.05, 0.1) is 0 Å². The summed E-state index contributed by atoms with van der Waals surface area (Å²) in [6, 6.07) is 0. The van der Waals surface area contributed by atoms with Crippen LogP contribution in [0.1, 0.15) is 39.5 Å². The highest BCUT2D eigenvalue weighted by molar-refractivity contribution is 7.99. The van der Waals surface area contributed by atoms with Crippen molar-refractivity contribution in [2.24, 2.45) is 0 Å². The minimum atomic E-state index is 1.25. The van der Waals surface area contributed by atoms with E-state index in [-0.39, 0.29) is 0 Å². The smallest absolute Gasteiger partial charge is 0.0278 e. The summed E-state index contributed by atoms with van der Waals surface area (Å²) >= 11 is 1.25. The molecule has 9 heavy (non-hydrogen) atoms. The summed E-state index contributed by atoms with van der Waals surface area (Å²) in [4.78, 5) is 0. The van der Waals surface area contributed by atoms with Crippen molar-refractivity contribution >= 4 is 11.8 Å². The summed E-state index contributed by atoms with van der Waals surface area (Å²) in [5.74, 6) is 2.97. The first-order chi connectivity index (χ1) is 4.41. The fraction of sp³-hybridized carbons (Fsp3) is 1.00. The lowest BCUT2D eigenvalue weighted by atomic mass is 10.4. The first-order valence-electron chi connectivity index (χ1n) is 4.12. The van der Waals surface area contributed by atoms with Crippen molar-refractivity contribution in [2.45, 2.75) is 39.5 Å². The average Bonchev–Trinajstić information content (AvgIpc) is 1.89. The molecule has 0 aromatic carbocycles. The van der Waals surface area contributed by atoms with Gasteiger partial charge < -0.3 is 0 Å². The van der Waals surface area contributed by atoms with Crippen LogP contribution in [0, 0.1) is 0 Å². The van der Waals surface area contributed by atoms with Crippen LogP contribution in [-0.4, -0.2) is 11.5 Å². The number of unbranched alkanes of at least 4 members (excludes halogenated alkanes) is 2. The second kappa shape index (κ2) is 8.35. The zero-order valence-corrected chi connectivity index (χ0v) is 7.74. The molecule has 0 amide bonds. The van der Waals surface area contributed by atoms with Crippen LogP contribution in [0.15, 0.2) is 0 Å². The highest BCUT2D eigenvalue weighted by Crippen LogP contribution is 2.06. The number of rotatable bonds is 6. The van der Waals surface area contributed by atoms with Crippen LogP contribution in [0.3, 0.4) is 0 Å². The predicted molar refractivity (Wildman–Crippen MR) is 49.9 cm³/mol. The fourth-order valence-electron chi connectivity index (χ4n) is 0.729. The summed E-state index contributed by atoms with van der Waals surface area (Å²) in [5.41, 5.74) is 0. The first-order valence-corrected chi connectivity index (χ1v) is 5.54. The molecule has 0 N–H and O–H groups in total. The molecule has 0 rings (SSSR count). The molecule has 0 aliphatic carbocycles. The Kier molecular flexibility index (Phi) is 8.67. The number of hydrogen-bond donors (Lipinski definition) is 0. The van der Waals surface area contributed by atoms with Gasteiger partial charge in [-0.2, -0.15) is 0 Å². The molecule has 0 nitrogen and oxygen atoms in total. The number of hydrogen-bond acceptors (Lipinski definition) is 0. The molecule has 0 radical (unpaired) electrons. The lowest BCUT2D eigenvalue weighted by Crippen LogP contribution is -1.81. The van der Waals surface area contributed by atoms with E-state index in [0.717, 1.165) is 0 Å². The van der Waals surface area contributed by atoms with Crippen LogP contribution in [0.5, 0.6) is 0 Å². The Labute approximate surface area is 63.4 Å². The second-order valence-electron chi connectivity index (χ2n) is 2.46. The van der Waals surface area contributed by atoms with Crippen molar-refractivity contribution in [3.63, 3.8) is 0 Å². The Hall–Kier alpha value is 0.350. The minimum Gasteiger partial charge on any atom is -0.266 e. The van der Waals surface area contributed by atoms with Gasteiger partial charge in [0.2, 0.25) is 0 Å². The Balaban J connectivity index is 2.60. The molecule has 0 aromatic rings. The average molecular weight is 148 g/mol. The molecule has 0 fully saturated rings. The van der Waals surface area contributed by atoms with Gasteiger partial charge >= 0.3 is 0 Å². The highest BCUT2D eigenvalue weighted by Gasteiger charge is 1.83. The molecule has 1 heteroatoms. The van der Waals surface area contributed by atoms with Crippen LogP contribution < -0.4 is 0 Å². The maximum atomic E-state index is 2.27. The van der Waals surface area contributed by atoms with Crippen LogP contribution >= 0.6 is 11.8 Å². The SMILES string of the molecule is CCCC[SH2]CCCC. The maximum Gasteiger partial charge on any atom is -0.0278 e. The van der Waals surface area contributed by atoms with Crippen molar-refractivity contribution in [3.05, 3.63) is 0 Å². The molecular weight excluding hydrogens is 128 g/mol. The minimum absolute atomic E-state index is 1.25. The summed E-state index contributed by atoms with van der Waals surface area (Å²) in [6.45, 7) is 4.54. The summed E-state index contributed by atoms with van der Waals surface area (Å²) in [6.07, 6.45) is 5.64. The lowest BCUT2D eigenvalue weighted by molar-refractivity contribution is 0.879. The normalized spacial score (nSPS) is 10.4. The Bertz CT molecular complexity index is 37.8. The Morgan fingerprint density at radius 2 is 1.33 bits per heavy atom. The van der Waals surface area contributed by atoms with E-state index in [4.69, 9.17) is 0 Å². The van der Waals surface area contributed by atoms with E-state index >= 15 is 0 Å².